The largest absolute Gasteiger partial charge is 0.467 e. The molecule has 0 atom stereocenters. The third-order valence-electron chi connectivity index (χ3n) is 3.19. The number of nitrogens with zero attached hydrogens (tertiary/aromatic N) is 2. The molecule has 0 saturated carbocycles. The van der Waals surface area contributed by atoms with E-state index in [-0.39, 0.29) is 25.4 Å². The number of amides is 1. The molecule has 0 aliphatic rings. The summed E-state index contributed by atoms with van der Waals surface area (Å²) in [6.07, 6.45) is 1.69. The SMILES string of the molecule is N#CCCN(Cc1ccco1)C(=O)COC(=O)c1ccccc1Br. The summed E-state index contributed by atoms with van der Waals surface area (Å²) in [7, 11) is 0. The maximum absolute atomic E-state index is 12.3. The summed E-state index contributed by atoms with van der Waals surface area (Å²) in [4.78, 5) is 25.7. The first kappa shape index (κ1) is 17.8. The van der Waals surface area contributed by atoms with Crippen LogP contribution in [-0.2, 0) is 16.1 Å². The molecule has 124 valence electrons. The van der Waals surface area contributed by atoms with E-state index < -0.39 is 12.6 Å². The third-order valence-corrected chi connectivity index (χ3v) is 3.89. The van der Waals surface area contributed by atoms with Gasteiger partial charge in [-0.3, -0.25) is 4.79 Å². The number of esters is 1. The van der Waals surface area contributed by atoms with Gasteiger partial charge in [-0.2, -0.15) is 5.26 Å². The number of hydrogen-bond acceptors (Lipinski definition) is 5. The molecule has 1 aromatic carbocycles. The molecule has 1 amide bonds. The number of furan rings is 1. The van der Waals surface area contributed by atoms with Crippen molar-refractivity contribution in [2.24, 2.45) is 0 Å². The van der Waals surface area contributed by atoms with E-state index in [0.29, 0.717) is 15.8 Å². The van der Waals surface area contributed by atoms with Crippen LogP contribution in [-0.4, -0.2) is 29.9 Å². The summed E-state index contributed by atoms with van der Waals surface area (Å²) in [5.74, 6) is -0.380. The van der Waals surface area contributed by atoms with Crippen LogP contribution in [0.15, 0.2) is 51.6 Å². The molecular weight excluding hydrogens is 376 g/mol. The van der Waals surface area contributed by atoms with Gasteiger partial charge < -0.3 is 14.1 Å². The van der Waals surface area contributed by atoms with Crippen molar-refractivity contribution in [1.82, 2.24) is 4.90 Å². The Morgan fingerprint density at radius 3 is 2.71 bits per heavy atom. The normalized spacial score (nSPS) is 10.0. The molecule has 0 bridgehead atoms. The summed E-state index contributed by atoms with van der Waals surface area (Å²) in [6.45, 7) is 0.0645. The topological polar surface area (TPSA) is 83.5 Å². The molecule has 1 heterocycles. The zero-order chi connectivity index (χ0) is 17.4. The van der Waals surface area contributed by atoms with Gasteiger partial charge >= 0.3 is 5.97 Å². The highest BCUT2D eigenvalue weighted by Gasteiger charge is 2.18. The van der Waals surface area contributed by atoms with Crippen LogP contribution in [0.25, 0.3) is 0 Å². The molecule has 0 aliphatic carbocycles. The predicted molar refractivity (Wildman–Crippen MR) is 88.8 cm³/mol. The smallest absolute Gasteiger partial charge is 0.339 e. The Labute approximate surface area is 147 Å². The van der Waals surface area contributed by atoms with Crippen LogP contribution in [0.4, 0.5) is 0 Å². The van der Waals surface area contributed by atoms with E-state index in [2.05, 4.69) is 15.9 Å². The molecule has 1 aromatic heterocycles. The highest BCUT2D eigenvalue weighted by atomic mass is 79.9. The van der Waals surface area contributed by atoms with Crippen LogP contribution >= 0.6 is 15.9 Å². The molecule has 0 radical (unpaired) electrons. The van der Waals surface area contributed by atoms with Gasteiger partial charge in [0.1, 0.15) is 5.76 Å². The minimum absolute atomic E-state index is 0.185. The lowest BCUT2D eigenvalue weighted by atomic mass is 10.2. The molecule has 2 rings (SSSR count). The van der Waals surface area contributed by atoms with E-state index in [1.165, 1.54) is 11.2 Å². The van der Waals surface area contributed by atoms with Crippen molar-refractivity contribution in [1.29, 1.82) is 5.26 Å². The average molecular weight is 391 g/mol. The second-order valence-electron chi connectivity index (χ2n) is 4.86. The molecule has 24 heavy (non-hydrogen) atoms. The molecule has 6 nitrogen and oxygen atoms in total. The zero-order valence-electron chi connectivity index (χ0n) is 12.8. The maximum atomic E-state index is 12.3. The van der Waals surface area contributed by atoms with Gasteiger partial charge in [0.05, 0.1) is 30.9 Å². The van der Waals surface area contributed by atoms with Gasteiger partial charge in [0.25, 0.3) is 5.91 Å². The summed E-state index contributed by atoms with van der Waals surface area (Å²) < 4.78 is 10.9. The molecule has 7 heteroatoms. The summed E-state index contributed by atoms with van der Waals surface area (Å²) in [5, 5.41) is 8.72. The van der Waals surface area contributed by atoms with Gasteiger partial charge in [0.15, 0.2) is 6.61 Å². The Bertz CT molecular complexity index is 737. The first-order valence-corrected chi connectivity index (χ1v) is 8.00. The number of benzene rings is 1. The Morgan fingerprint density at radius 2 is 2.04 bits per heavy atom. The van der Waals surface area contributed by atoms with Crippen molar-refractivity contribution in [3.63, 3.8) is 0 Å². The number of halogens is 1. The number of nitriles is 1. The van der Waals surface area contributed by atoms with Crippen LogP contribution in [0, 0.1) is 11.3 Å². The highest BCUT2D eigenvalue weighted by molar-refractivity contribution is 9.10. The van der Waals surface area contributed by atoms with Crippen LogP contribution in [0.1, 0.15) is 22.5 Å². The molecule has 0 unspecified atom stereocenters. The molecule has 0 spiro atoms. The molecule has 0 aliphatic heterocycles. The van der Waals surface area contributed by atoms with Gasteiger partial charge in [0, 0.05) is 11.0 Å². The molecule has 2 aromatic rings. The summed E-state index contributed by atoms with van der Waals surface area (Å²) in [5.41, 5.74) is 0.347. The second kappa shape index (κ2) is 8.89. The number of carbonyl (C=O) groups excluding carboxylic acids is 2. The first-order valence-electron chi connectivity index (χ1n) is 7.20. The summed E-state index contributed by atoms with van der Waals surface area (Å²) in [6, 6.07) is 12.3. The fourth-order valence-corrected chi connectivity index (χ4v) is 2.44. The second-order valence-corrected chi connectivity index (χ2v) is 5.71. The van der Waals surface area contributed by atoms with Gasteiger partial charge in [-0.05, 0) is 40.2 Å². The first-order chi connectivity index (χ1) is 11.6. The molecule has 0 saturated heterocycles. The van der Waals surface area contributed by atoms with Crippen molar-refractivity contribution < 1.29 is 18.7 Å². The van der Waals surface area contributed by atoms with Crippen molar-refractivity contribution in [2.75, 3.05) is 13.2 Å². The van der Waals surface area contributed by atoms with E-state index >= 15 is 0 Å². The van der Waals surface area contributed by atoms with Gasteiger partial charge in [-0.1, -0.05) is 12.1 Å². The average Bonchev–Trinajstić information content (AvgIpc) is 3.09. The fraction of sp³-hybridized carbons (Fsp3) is 0.235. The van der Waals surface area contributed by atoms with Crippen LogP contribution < -0.4 is 0 Å². The lowest BCUT2D eigenvalue weighted by Gasteiger charge is -2.20. The predicted octanol–water partition coefficient (Wildman–Crippen LogP) is 3.14. The highest BCUT2D eigenvalue weighted by Crippen LogP contribution is 2.17. The van der Waals surface area contributed by atoms with Crippen LogP contribution in [0.2, 0.25) is 0 Å². The lowest BCUT2D eigenvalue weighted by Crippen LogP contribution is -2.35. The number of rotatable bonds is 7. The van der Waals surface area contributed by atoms with Crippen molar-refractivity contribution in [3.8, 4) is 6.07 Å². The molecular formula is C17H15BrN2O4. The van der Waals surface area contributed by atoms with E-state index in [9.17, 15) is 9.59 Å². The number of ether oxygens (including phenoxy) is 1. The Balaban J connectivity index is 1.95. The Kier molecular flexibility index (Phi) is 6.58. The van der Waals surface area contributed by atoms with Crippen molar-refractivity contribution >= 4 is 27.8 Å². The lowest BCUT2D eigenvalue weighted by molar-refractivity contribution is -0.135. The van der Waals surface area contributed by atoms with Crippen LogP contribution in [0.5, 0.6) is 0 Å². The van der Waals surface area contributed by atoms with Gasteiger partial charge in [-0.25, -0.2) is 4.79 Å². The van der Waals surface area contributed by atoms with E-state index in [4.69, 9.17) is 14.4 Å². The van der Waals surface area contributed by atoms with Crippen LogP contribution in [0.3, 0.4) is 0 Å². The van der Waals surface area contributed by atoms with E-state index in [1.807, 2.05) is 6.07 Å². The van der Waals surface area contributed by atoms with Gasteiger partial charge in [0.2, 0.25) is 0 Å². The van der Waals surface area contributed by atoms with E-state index in [1.54, 1.807) is 36.4 Å². The molecule has 0 N–H and O–H groups in total. The molecule has 0 fully saturated rings. The van der Waals surface area contributed by atoms with Crippen molar-refractivity contribution in [3.05, 3.63) is 58.5 Å². The fourth-order valence-electron chi connectivity index (χ4n) is 1.99. The number of carbonyl (C=O) groups is 2. The third kappa shape index (κ3) is 4.96. The number of hydrogen-bond donors (Lipinski definition) is 0. The standard InChI is InChI=1S/C17H15BrN2O4/c18-15-7-2-1-6-14(15)17(22)24-12-16(21)20(9-4-8-19)11-13-5-3-10-23-13/h1-3,5-7,10H,4,9,11-12H2. The van der Waals surface area contributed by atoms with Crippen molar-refractivity contribution in [2.45, 2.75) is 13.0 Å². The minimum Gasteiger partial charge on any atom is -0.467 e. The van der Waals surface area contributed by atoms with Gasteiger partial charge in [-0.15, -0.1) is 0 Å². The quantitative estimate of drug-likeness (QED) is 0.678. The van der Waals surface area contributed by atoms with E-state index in [0.717, 1.165) is 0 Å². The minimum atomic E-state index is -0.589. The maximum Gasteiger partial charge on any atom is 0.339 e. The Hall–Kier alpha value is -2.59. The monoisotopic (exact) mass is 390 g/mol. The Morgan fingerprint density at radius 1 is 1.25 bits per heavy atom. The summed E-state index contributed by atoms with van der Waals surface area (Å²) >= 11 is 3.26. The zero-order valence-corrected chi connectivity index (χ0v) is 14.4.